The number of carbonyl (C=O) groups excluding carboxylic acids is 2. The molecule has 0 aliphatic carbocycles. The van der Waals surface area contributed by atoms with Crippen molar-refractivity contribution >= 4 is 11.6 Å². The minimum Gasteiger partial charge on any atom is -0.387 e. The topological polar surface area (TPSA) is 126 Å². The molecule has 2 aromatic heterocycles. The molecule has 0 spiro atoms. The largest absolute Gasteiger partial charge is 0.387 e. The highest BCUT2D eigenvalue weighted by molar-refractivity contribution is 5.86. The number of nitrogens with one attached hydrogen (secondary N) is 2. The maximum Gasteiger partial charge on any atom is 0.283 e. The number of aromatic nitrogens is 2. The summed E-state index contributed by atoms with van der Waals surface area (Å²) in [5, 5.41) is 4.52. The molecule has 2 heterocycles. The number of Topliss-reactive ketones (excluding diaryl/α,β-unsaturated/α-hetero) is 2. The normalized spacial score (nSPS) is 12.4. The zero-order chi connectivity index (χ0) is 23.9. The third kappa shape index (κ3) is 7.50. The maximum atomic E-state index is 12.4. The molecular formula is C24H36N2O6. The summed E-state index contributed by atoms with van der Waals surface area (Å²) in [4.78, 5) is 48.8. The van der Waals surface area contributed by atoms with Crippen molar-refractivity contribution in [2.24, 2.45) is 10.8 Å². The zero-order valence-corrected chi connectivity index (χ0v) is 19.8. The summed E-state index contributed by atoms with van der Waals surface area (Å²) in [6, 6.07) is 0. The van der Waals surface area contributed by atoms with Crippen LogP contribution in [0.1, 0.15) is 103 Å². The van der Waals surface area contributed by atoms with Gasteiger partial charge in [0.25, 0.3) is 11.1 Å². The predicted molar refractivity (Wildman–Crippen MR) is 121 cm³/mol. The van der Waals surface area contributed by atoms with Gasteiger partial charge in [-0.1, -0.05) is 41.0 Å². The Bertz CT molecular complexity index is 956. The van der Waals surface area contributed by atoms with Crippen molar-refractivity contribution < 1.29 is 18.6 Å². The SMILES string of the molecule is CCC(C)(C)CCC(=O)CCC(=O)CCC(C)(C)CC(c1co[nH]c1=O)c1co[nH]c1=O. The highest BCUT2D eigenvalue weighted by atomic mass is 16.5. The number of hydrogen-bond donors (Lipinski definition) is 2. The number of ketones is 2. The lowest BCUT2D eigenvalue weighted by molar-refractivity contribution is -0.124. The van der Waals surface area contributed by atoms with E-state index in [0.29, 0.717) is 36.8 Å². The Hall–Kier alpha value is -2.64. The van der Waals surface area contributed by atoms with Crippen LogP contribution in [0.25, 0.3) is 0 Å². The lowest BCUT2D eigenvalue weighted by atomic mass is 9.75. The highest BCUT2D eigenvalue weighted by Gasteiger charge is 2.31. The molecule has 0 aliphatic heterocycles. The minimum absolute atomic E-state index is 0.0556. The fraction of sp³-hybridized carbons (Fsp3) is 0.667. The smallest absolute Gasteiger partial charge is 0.283 e. The van der Waals surface area contributed by atoms with Gasteiger partial charge in [0.05, 0.1) is 11.1 Å². The van der Waals surface area contributed by atoms with E-state index in [0.717, 1.165) is 12.8 Å². The zero-order valence-electron chi connectivity index (χ0n) is 19.8. The molecule has 0 unspecified atom stereocenters. The highest BCUT2D eigenvalue weighted by Crippen LogP contribution is 2.37. The van der Waals surface area contributed by atoms with Gasteiger partial charge < -0.3 is 9.05 Å². The number of H-pyrrole nitrogens is 2. The minimum atomic E-state index is -0.520. The molecule has 0 aliphatic rings. The molecule has 0 aromatic carbocycles. The summed E-state index contributed by atoms with van der Waals surface area (Å²) in [6.07, 6.45) is 6.91. The lowest BCUT2D eigenvalue weighted by Crippen LogP contribution is -2.24. The molecule has 0 atom stereocenters. The molecule has 0 bridgehead atoms. The average Bonchev–Trinajstić information content (AvgIpc) is 3.35. The molecule has 2 rings (SSSR count). The summed E-state index contributed by atoms with van der Waals surface area (Å²) in [5.74, 6) is -0.328. The Kier molecular flexibility index (Phi) is 8.64. The Balaban J connectivity index is 1.91. The third-order valence-electron chi connectivity index (χ3n) is 6.51. The van der Waals surface area contributed by atoms with E-state index in [1.54, 1.807) is 0 Å². The van der Waals surface area contributed by atoms with Gasteiger partial charge in [0.1, 0.15) is 24.1 Å². The summed E-state index contributed by atoms with van der Waals surface area (Å²) < 4.78 is 9.83. The van der Waals surface area contributed by atoms with Crippen LogP contribution in [0.15, 0.2) is 31.2 Å². The predicted octanol–water partition coefficient (Wildman–Crippen LogP) is 4.71. The molecule has 0 saturated heterocycles. The Labute approximate surface area is 188 Å². The molecule has 32 heavy (non-hydrogen) atoms. The van der Waals surface area contributed by atoms with Gasteiger partial charge in [0, 0.05) is 31.6 Å². The van der Waals surface area contributed by atoms with Crippen LogP contribution in [0.4, 0.5) is 0 Å². The van der Waals surface area contributed by atoms with Crippen LogP contribution < -0.4 is 11.1 Å². The van der Waals surface area contributed by atoms with E-state index in [-0.39, 0.29) is 35.2 Å². The molecule has 8 nitrogen and oxygen atoms in total. The van der Waals surface area contributed by atoms with Gasteiger partial charge in [-0.05, 0) is 30.1 Å². The number of carbonyl (C=O) groups is 2. The summed E-state index contributed by atoms with van der Waals surface area (Å²) in [5.41, 5.74) is -0.301. The van der Waals surface area contributed by atoms with E-state index in [4.69, 9.17) is 9.05 Å². The average molecular weight is 449 g/mol. The van der Waals surface area contributed by atoms with Crippen molar-refractivity contribution in [2.75, 3.05) is 0 Å². The summed E-state index contributed by atoms with van der Waals surface area (Å²) >= 11 is 0. The second-order valence-corrected chi connectivity index (χ2v) is 10.3. The molecule has 0 amide bonds. The Morgan fingerprint density at radius 3 is 1.62 bits per heavy atom. The second-order valence-electron chi connectivity index (χ2n) is 10.3. The molecule has 2 aromatic rings. The van der Waals surface area contributed by atoms with Gasteiger partial charge in [-0.3, -0.25) is 19.2 Å². The first-order valence-corrected chi connectivity index (χ1v) is 11.3. The van der Waals surface area contributed by atoms with Crippen molar-refractivity contribution in [3.8, 4) is 0 Å². The summed E-state index contributed by atoms with van der Waals surface area (Å²) in [6.45, 7) is 10.4. The van der Waals surface area contributed by atoms with Gasteiger partial charge in [-0.2, -0.15) is 10.3 Å². The number of hydrogen-bond acceptors (Lipinski definition) is 6. The van der Waals surface area contributed by atoms with Crippen LogP contribution >= 0.6 is 0 Å². The van der Waals surface area contributed by atoms with Gasteiger partial charge in [0.2, 0.25) is 0 Å². The van der Waals surface area contributed by atoms with Crippen molar-refractivity contribution in [1.29, 1.82) is 0 Å². The van der Waals surface area contributed by atoms with Crippen molar-refractivity contribution in [2.45, 2.75) is 91.9 Å². The van der Waals surface area contributed by atoms with E-state index in [2.05, 4.69) is 31.1 Å². The van der Waals surface area contributed by atoms with E-state index >= 15 is 0 Å². The van der Waals surface area contributed by atoms with Gasteiger partial charge in [0.15, 0.2) is 0 Å². The standard InChI is InChI=1S/C24H36N2O6/c1-6-23(2,3)11-9-16(27)7-8-17(28)10-12-24(4,5)13-18(19-14-31-25-21(19)29)20-15-32-26-22(20)30/h14-15,18H,6-13H2,1-5H3,(H,25,29)(H,26,30). The van der Waals surface area contributed by atoms with Gasteiger partial charge >= 0.3 is 0 Å². The number of aromatic amines is 2. The summed E-state index contributed by atoms with van der Waals surface area (Å²) in [7, 11) is 0. The lowest BCUT2D eigenvalue weighted by Gasteiger charge is -2.28. The quantitative estimate of drug-likeness (QED) is 0.431. The van der Waals surface area contributed by atoms with Crippen LogP contribution in [-0.4, -0.2) is 21.9 Å². The first-order chi connectivity index (χ1) is 14.9. The van der Waals surface area contributed by atoms with Crippen molar-refractivity contribution in [3.05, 3.63) is 44.4 Å². The van der Waals surface area contributed by atoms with Crippen LogP contribution in [0.2, 0.25) is 0 Å². The molecule has 0 fully saturated rings. The molecule has 0 saturated carbocycles. The van der Waals surface area contributed by atoms with E-state index in [1.807, 2.05) is 13.8 Å². The van der Waals surface area contributed by atoms with Crippen molar-refractivity contribution in [3.63, 3.8) is 0 Å². The second kappa shape index (κ2) is 10.8. The number of rotatable bonds is 14. The van der Waals surface area contributed by atoms with Gasteiger partial charge in [-0.15, -0.1) is 0 Å². The molecular weight excluding hydrogens is 412 g/mol. The molecule has 178 valence electrons. The van der Waals surface area contributed by atoms with E-state index in [9.17, 15) is 19.2 Å². The fourth-order valence-corrected chi connectivity index (χ4v) is 3.70. The Morgan fingerprint density at radius 2 is 1.25 bits per heavy atom. The molecule has 8 heteroatoms. The fourth-order valence-electron chi connectivity index (χ4n) is 3.70. The molecule has 0 radical (unpaired) electrons. The van der Waals surface area contributed by atoms with Gasteiger partial charge in [-0.25, -0.2) is 0 Å². The third-order valence-corrected chi connectivity index (χ3v) is 6.51. The van der Waals surface area contributed by atoms with E-state index in [1.165, 1.54) is 12.5 Å². The Morgan fingerprint density at radius 1 is 0.812 bits per heavy atom. The monoisotopic (exact) mass is 448 g/mol. The van der Waals surface area contributed by atoms with Crippen molar-refractivity contribution in [1.82, 2.24) is 10.3 Å². The first-order valence-electron chi connectivity index (χ1n) is 11.3. The first kappa shape index (κ1) is 25.6. The van der Waals surface area contributed by atoms with Crippen LogP contribution in [0.5, 0.6) is 0 Å². The van der Waals surface area contributed by atoms with E-state index < -0.39 is 17.0 Å². The van der Waals surface area contributed by atoms with Crippen LogP contribution in [0, 0.1) is 10.8 Å². The van der Waals surface area contributed by atoms with Crippen LogP contribution in [0.3, 0.4) is 0 Å². The molecule has 2 N–H and O–H groups in total. The van der Waals surface area contributed by atoms with Crippen LogP contribution in [-0.2, 0) is 9.59 Å². The maximum absolute atomic E-state index is 12.4.